The Bertz CT molecular complexity index is 386. The fraction of sp³-hybridized carbons (Fsp3) is 0.812. The smallest absolute Gasteiger partial charge is 0.412 e. The quantitative estimate of drug-likeness (QED) is 0.810. The van der Waals surface area contributed by atoms with Gasteiger partial charge in [-0.05, 0) is 48.0 Å². The van der Waals surface area contributed by atoms with Crippen molar-refractivity contribution in [1.82, 2.24) is 4.90 Å². The summed E-state index contributed by atoms with van der Waals surface area (Å²) in [6.07, 6.45) is 1.55. The van der Waals surface area contributed by atoms with Crippen LogP contribution in [0.25, 0.3) is 0 Å². The number of carbonyl (C=O) groups excluding carboxylic acids is 1. The molecule has 0 radical (unpaired) electrons. The first-order valence-corrected chi connectivity index (χ1v) is 7.47. The first kappa shape index (κ1) is 18.0. The zero-order chi connectivity index (χ0) is 16.4. The molecule has 0 aliphatic carbocycles. The molecule has 0 bridgehead atoms. The zero-order valence-electron chi connectivity index (χ0n) is 14.0. The first-order chi connectivity index (χ1) is 9.48. The lowest BCUT2D eigenvalue weighted by Crippen LogP contribution is -2.49. The molecule has 1 heterocycles. The lowest BCUT2D eigenvalue weighted by molar-refractivity contribution is -0.0846. The first-order valence-electron chi connectivity index (χ1n) is 7.47. The minimum absolute atomic E-state index is 0.158. The molecular formula is C16H29NO4. The molecule has 0 aromatic heterocycles. The Labute approximate surface area is 127 Å². The van der Waals surface area contributed by atoms with Crippen LogP contribution >= 0.6 is 0 Å². The number of ether oxygens (including phenoxy) is 2. The van der Waals surface area contributed by atoms with E-state index in [9.17, 15) is 9.90 Å². The van der Waals surface area contributed by atoms with Crippen LogP contribution in [0.15, 0.2) is 12.7 Å². The number of hydrogen-bond acceptors (Lipinski definition) is 4. The number of aliphatic hydroxyl groups is 1. The number of rotatable bonds is 4. The van der Waals surface area contributed by atoms with Gasteiger partial charge in [-0.25, -0.2) is 4.79 Å². The van der Waals surface area contributed by atoms with Crippen molar-refractivity contribution in [2.24, 2.45) is 0 Å². The van der Waals surface area contributed by atoms with Gasteiger partial charge < -0.3 is 14.6 Å². The van der Waals surface area contributed by atoms with Crippen molar-refractivity contribution in [3.05, 3.63) is 12.7 Å². The highest BCUT2D eigenvalue weighted by Gasteiger charge is 2.49. The van der Waals surface area contributed by atoms with Crippen molar-refractivity contribution in [2.75, 3.05) is 0 Å². The maximum absolute atomic E-state index is 12.4. The molecule has 5 nitrogen and oxygen atoms in total. The van der Waals surface area contributed by atoms with E-state index < -0.39 is 17.4 Å². The van der Waals surface area contributed by atoms with Gasteiger partial charge in [-0.15, -0.1) is 6.58 Å². The fourth-order valence-electron chi connectivity index (χ4n) is 2.68. The third-order valence-corrected chi connectivity index (χ3v) is 3.50. The van der Waals surface area contributed by atoms with E-state index in [-0.39, 0.29) is 18.2 Å². The van der Waals surface area contributed by atoms with E-state index in [0.29, 0.717) is 12.8 Å². The van der Waals surface area contributed by atoms with Gasteiger partial charge in [0.1, 0.15) is 11.3 Å². The summed E-state index contributed by atoms with van der Waals surface area (Å²) in [5.41, 5.74) is -1.30. The molecule has 122 valence electrons. The van der Waals surface area contributed by atoms with Crippen LogP contribution in [0.5, 0.6) is 0 Å². The molecule has 0 saturated carbocycles. The molecule has 5 heteroatoms. The van der Waals surface area contributed by atoms with Crippen LogP contribution in [0.2, 0.25) is 0 Å². The van der Waals surface area contributed by atoms with Crippen LogP contribution in [0.1, 0.15) is 54.4 Å². The van der Waals surface area contributed by atoms with Gasteiger partial charge in [0.25, 0.3) is 0 Å². The van der Waals surface area contributed by atoms with Crippen LogP contribution < -0.4 is 0 Å². The molecule has 3 atom stereocenters. The molecule has 1 aliphatic rings. The molecular weight excluding hydrogens is 270 g/mol. The molecule has 0 aromatic rings. The van der Waals surface area contributed by atoms with E-state index >= 15 is 0 Å². The molecule has 0 unspecified atom stereocenters. The summed E-state index contributed by atoms with van der Waals surface area (Å²) < 4.78 is 11.4. The van der Waals surface area contributed by atoms with Gasteiger partial charge in [-0.2, -0.15) is 0 Å². The summed E-state index contributed by atoms with van der Waals surface area (Å²) in [6.45, 7) is 14.7. The Morgan fingerprint density at radius 3 is 2.57 bits per heavy atom. The summed E-state index contributed by atoms with van der Waals surface area (Å²) >= 11 is 0. The minimum Gasteiger partial charge on any atom is -0.444 e. The zero-order valence-corrected chi connectivity index (χ0v) is 14.0. The summed E-state index contributed by atoms with van der Waals surface area (Å²) in [4.78, 5) is 14.0. The molecule has 1 N–H and O–H groups in total. The van der Waals surface area contributed by atoms with Crippen molar-refractivity contribution in [1.29, 1.82) is 0 Å². The summed E-state index contributed by atoms with van der Waals surface area (Å²) in [7, 11) is 0. The number of carbonyl (C=O) groups is 1. The van der Waals surface area contributed by atoms with E-state index in [1.54, 1.807) is 11.0 Å². The number of hydrogen-bond donors (Lipinski definition) is 1. The van der Waals surface area contributed by atoms with Gasteiger partial charge in [0.15, 0.2) is 0 Å². The molecule has 1 aliphatic heterocycles. The van der Waals surface area contributed by atoms with E-state index in [4.69, 9.17) is 9.47 Å². The highest BCUT2D eigenvalue weighted by Crippen LogP contribution is 2.35. The molecule has 1 fully saturated rings. The monoisotopic (exact) mass is 299 g/mol. The van der Waals surface area contributed by atoms with E-state index in [0.717, 1.165) is 0 Å². The largest absolute Gasteiger partial charge is 0.444 e. The summed E-state index contributed by atoms with van der Waals surface area (Å²) in [5, 5.41) is 9.92. The molecule has 21 heavy (non-hydrogen) atoms. The average Bonchev–Trinajstić information content (AvgIpc) is 2.46. The van der Waals surface area contributed by atoms with Crippen LogP contribution in [0, 0.1) is 0 Å². The van der Waals surface area contributed by atoms with Crippen LogP contribution in [-0.2, 0) is 9.47 Å². The SMILES string of the molecule is C=CC[C@@H](O)C[C@@H]1OC(C)(C)N(C(=O)OC(C)(C)C)[C@H]1C. The lowest BCUT2D eigenvalue weighted by atomic mass is 10.0. The van der Waals surface area contributed by atoms with Crippen molar-refractivity contribution < 1.29 is 19.4 Å². The molecule has 1 amide bonds. The maximum Gasteiger partial charge on any atom is 0.412 e. The molecule has 0 spiro atoms. The van der Waals surface area contributed by atoms with Crippen molar-refractivity contribution in [2.45, 2.75) is 84.0 Å². The van der Waals surface area contributed by atoms with Crippen LogP contribution in [0.3, 0.4) is 0 Å². The highest BCUT2D eigenvalue weighted by molar-refractivity contribution is 5.69. The second-order valence-corrected chi connectivity index (χ2v) is 7.11. The van der Waals surface area contributed by atoms with Gasteiger partial charge in [-0.1, -0.05) is 6.08 Å². The van der Waals surface area contributed by atoms with Crippen LogP contribution in [0.4, 0.5) is 4.79 Å². The number of amides is 1. The third-order valence-electron chi connectivity index (χ3n) is 3.50. The van der Waals surface area contributed by atoms with Gasteiger partial charge >= 0.3 is 6.09 Å². The average molecular weight is 299 g/mol. The second-order valence-electron chi connectivity index (χ2n) is 7.11. The molecule has 1 rings (SSSR count). The standard InChI is InChI=1S/C16H29NO4/c1-8-9-12(18)10-13-11(2)17(16(6,7)20-13)14(19)21-15(3,4)5/h8,11-13,18H,1,9-10H2,2-7H3/t11-,12+,13-/m0/s1. The molecule has 1 saturated heterocycles. The van der Waals surface area contributed by atoms with Gasteiger partial charge in [0.2, 0.25) is 0 Å². The van der Waals surface area contributed by atoms with E-state index in [1.165, 1.54) is 0 Å². The Kier molecular flexibility index (Phi) is 5.45. The predicted octanol–water partition coefficient (Wildman–Crippen LogP) is 3.07. The minimum atomic E-state index is -0.750. The number of nitrogens with zero attached hydrogens (tertiary/aromatic N) is 1. The van der Waals surface area contributed by atoms with Gasteiger partial charge in [-0.3, -0.25) is 4.90 Å². The summed E-state index contributed by atoms with van der Waals surface area (Å²) in [5.74, 6) is 0. The van der Waals surface area contributed by atoms with Crippen molar-refractivity contribution in [3.63, 3.8) is 0 Å². The maximum atomic E-state index is 12.4. The van der Waals surface area contributed by atoms with Crippen LogP contribution in [-0.4, -0.2) is 45.7 Å². The second kappa shape index (κ2) is 6.36. The Balaban J connectivity index is 2.81. The Morgan fingerprint density at radius 1 is 1.52 bits per heavy atom. The lowest BCUT2D eigenvalue weighted by Gasteiger charge is -2.34. The Hall–Kier alpha value is -1.07. The Morgan fingerprint density at radius 2 is 2.10 bits per heavy atom. The fourth-order valence-corrected chi connectivity index (χ4v) is 2.68. The number of aliphatic hydroxyl groups excluding tert-OH is 1. The van der Waals surface area contributed by atoms with Crippen molar-refractivity contribution in [3.8, 4) is 0 Å². The predicted molar refractivity (Wildman–Crippen MR) is 81.9 cm³/mol. The normalized spacial score (nSPS) is 26.5. The molecule has 0 aromatic carbocycles. The topological polar surface area (TPSA) is 59.0 Å². The van der Waals surface area contributed by atoms with Crippen molar-refractivity contribution >= 4 is 6.09 Å². The van der Waals surface area contributed by atoms with Gasteiger partial charge in [0, 0.05) is 6.42 Å². The summed E-state index contributed by atoms with van der Waals surface area (Å²) in [6, 6.07) is -0.158. The third kappa shape index (κ3) is 4.71. The van der Waals surface area contributed by atoms with E-state index in [1.807, 2.05) is 41.5 Å². The van der Waals surface area contributed by atoms with Gasteiger partial charge in [0.05, 0.1) is 18.2 Å². The highest BCUT2D eigenvalue weighted by atomic mass is 16.6. The van der Waals surface area contributed by atoms with E-state index in [2.05, 4.69) is 6.58 Å².